The van der Waals surface area contributed by atoms with E-state index in [1.807, 2.05) is 30.3 Å². The molecule has 0 unspecified atom stereocenters. The average Bonchev–Trinajstić information content (AvgIpc) is 2.46. The summed E-state index contributed by atoms with van der Waals surface area (Å²) < 4.78 is 6.81. The maximum atomic E-state index is 5.78. The Morgan fingerprint density at radius 3 is 2.47 bits per heavy atom. The van der Waals surface area contributed by atoms with Gasteiger partial charge in [-0.05, 0) is 42.2 Å². The standard InChI is InChI=1S/C15H16BrNOS/c1-19-14-6-4-13(5-7-14)18-10-12-3-2-11(9-17)8-15(12)16/h2-8H,9-10,17H2,1H3. The molecule has 0 heterocycles. The Morgan fingerprint density at radius 1 is 1.16 bits per heavy atom. The average molecular weight is 338 g/mol. The smallest absolute Gasteiger partial charge is 0.119 e. The van der Waals surface area contributed by atoms with E-state index >= 15 is 0 Å². The van der Waals surface area contributed by atoms with E-state index in [-0.39, 0.29) is 0 Å². The highest BCUT2D eigenvalue weighted by Gasteiger charge is 2.02. The summed E-state index contributed by atoms with van der Waals surface area (Å²) >= 11 is 5.27. The van der Waals surface area contributed by atoms with Crippen molar-refractivity contribution in [3.8, 4) is 5.75 Å². The van der Waals surface area contributed by atoms with Crippen molar-refractivity contribution in [1.82, 2.24) is 0 Å². The van der Waals surface area contributed by atoms with E-state index in [1.54, 1.807) is 11.8 Å². The number of hydrogen-bond donors (Lipinski definition) is 1. The highest BCUT2D eigenvalue weighted by Crippen LogP contribution is 2.22. The van der Waals surface area contributed by atoms with Gasteiger partial charge in [0.05, 0.1) is 0 Å². The highest BCUT2D eigenvalue weighted by molar-refractivity contribution is 9.10. The van der Waals surface area contributed by atoms with Crippen LogP contribution in [0.25, 0.3) is 0 Å². The summed E-state index contributed by atoms with van der Waals surface area (Å²) in [6.45, 7) is 1.10. The predicted octanol–water partition coefficient (Wildman–Crippen LogP) is 4.21. The van der Waals surface area contributed by atoms with Crippen LogP contribution in [0.1, 0.15) is 11.1 Å². The fraction of sp³-hybridized carbons (Fsp3) is 0.200. The van der Waals surface area contributed by atoms with E-state index in [0.717, 1.165) is 21.3 Å². The van der Waals surface area contributed by atoms with Gasteiger partial charge in [-0.2, -0.15) is 0 Å². The lowest BCUT2D eigenvalue weighted by Crippen LogP contribution is -2.00. The lowest BCUT2D eigenvalue weighted by molar-refractivity contribution is 0.305. The molecule has 0 aromatic heterocycles. The molecular formula is C15H16BrNOS. The predicted molar refractivity (Wildman–Crippen MR) is 84.6 cm³/mol. The molecular weight excluding hydrogens is 322 g/mol. The summed E-state index contributed by atoms with van der Waals surface area (Å²) in [7, 11) is 0. The fourth-order valence-electron chi connectivity index (χ4n) is 1.67. The second-order valence-electron chi connectivity index (χ2n) is 4.09. The first-order valence-corrected chi connectivity index (χ1v) is 7.99. The normalized spacial score (nSPS) is 10.5. The van der Waals surface area contributed by atoms with Crippen LogP contribution in [0.3, 0.4) is 0 Å². The molecule has 2 N–H and O–H groups in total. The Bertz CT molecular complexity index is 542. The number of ether oxygens (including phenoxy) is 1. The molecule has 19 heavy (non-hydrogen) atoms. The third-order valence-electron chi connectivity index (χ3n) is 2.81. The summed E-state index contributed by atoms with van der Waals surface area (Å²) in [6, 6.07) is 14.2. The molecule has 2 rings (SSSR count). The van der Waals surface area contributed by atoms with E-state index in [0.29, 0.717) is 13.2 Å². The molecule has 2 aromatic carbocycles. The van der Waals surface area contributed by atoms with Crippen molar-refractivity contribution in [3.05, 3.63) is 58.1 Å². The lowest BCUT2D eigenvalue weighted by atomic mass is 10.1. The van der Waals surface area contributed by atoms with E-state index in [2.05, 4.69) is 34.3 Å². The van der Waals surface area contributed by atoms with Gasteiger partial charge in [0.2, 0.25) is 0 Å². The van der Waals surface area contributed by atoms with Crippen molar-refractivity contribution in [2.45, 2.75) is 18.0 Å². The SMILES string of the molecule is CSc1ccc(OCc2ccc(CN)cc2Br)cc1. The van der Waals surface area contributed by atoms with Gasteiger partial charge in [-0.1, -0.05) is 28.1 Å². The Hall–Kier alpha value is -0.970. The minimum absolute atomic E-state index is 0.546. The minimum atomic E-state index is 0.546. The first kappa shape index (κ1) is 14.4. The van der Waals surface area contributed by atoms with Gasteiger partial charge in [0.1, 0.15) is 12.4 Å². The quantitative estimate of drug-likeness (QED) is 0.830. The molecule has 0 spiro atoms. The first-order chi connectivity index (χ1) is 9.22. The summed E-state index contributed by atoms with van der Waals surface area (Å²) in [6.07, 6.45) is 2.06. The zero-order valence-electron chi connectivity index (χ0n) is 10.7. The summed E-state index contributed by atoms with van der Waals surface area (Å²) in [4.78, 5) is 1.24. The van der Waals surface area contributed by atoms with Gasteiger partial charge in [-0.3, -0.25) is 0 Å². The molecule has 0 aliphatic rings. The largest absolute Gasteiger partial charge is 0.489 e. The third-order valence-corrected chi connectivity index (χ3v) is 4.29. The zero-order valence-corrected chi connectivity index (χ0v) is 13.1. The number of rotatable bonds is 5. The number of benzene rings is 2. The Labute approximate surface area is 126 Å². The topological polar surface area (TPSA) is 35.2 Å². The molecule has 0 radical (unpaired) electrons. The van der Waals surface area contributed by atoms with Gasteiger partial charge < -0.3 is 10.5 Å². The molecule has 0 bridgehead atoms. The van der Waals surface area contributed by atoms with Gasteiger partial charge in [0.15, 0.2) is 0 Å². The van der Waals surface area contributed by atoms with Crippen LogP contribution in [0.4, 0.5) is 0 Å². The van der Waals surface area contributed by atoms with E-state index in [4.69, 9.17) is 10.5 Å². The Kier molecular flexibility index (Phi) is 5.31. The van der Waals surface area contributed by atoms with Crippen LogP contribution >= 0.6 is 27.7 Å². The molecule has 2 nitrogen and oxygen atoms in total. The zero-order chi connectivity index (χ0) is 13.7. The van der Waals surface area contributed by atoms with Gasteiger partial charge in [0.25, 0.3) is 0 Å². The van der Waals surface area contributed by atoms with Crippen LogP contribution in [-0.4, -0.2) is 6.26 Å². The van der Waals surface area contributed by atoms with Gasteiger partial charge in [-0.25, -0.2) is 0 Å². The molecule has 0 aliphatic heterocycles. The number of nitrogens with two attached hydrogens (primary N) is 1. The summed E-state index contributed by atoms with van der Waals surface area (Å²) in [5.41, 5.74) is 7.83. The van der Waals surface area contributed by atoms with Crippen molar-refractivity contribution < 1.29 is 4.74 Å². The van der Waals surface area contributed by atoms with Crippen LogP contribution < -0.4 is 10.5 Å². The van der Waals surface area contributed by atoms with Crippen molar-refractivity contribution in [1.29, 1.82) is 0 Å². The van der Waals surface area contributed by atoms with Crippen LogP contribution in [0.5, 0.6) is 5.75 Å². The van der Waals surface area contributed by atoms with Crippen LogP contribution in [0, 0.1) is 0 Å². The number of hydrogen-bond acceptors (Lipinski definition) is 3. The summed E-state index contributed by atoms with van der Waals surface area (Å²) in [5.74, 6) is 0.882. The maximum absolute atomic E-state index is 5.78. The number of halogens is 1. The van der Waals surface area contributed by atoms with Gasteiger partial charge >= 0.3 is 0 Å². The Morgan fingerprint density at radius 2 is 1.89 bits per heavy atom. The van der Waals surface area contributed by atoms with Gasteiger partial charge in [-0.15, -0.1) is 11.8 Å². The first-order valence-electron chi connectivity index (χ1n) is 5.97. The molecule has 0 aliphatic carbocycles. The highest BCUT2D eigenvalue weighted by atomic mass is 79.9. The minimum Gasteiger partial charge on any atom is -0.489 e. The van der Waals surface area contributed by atoms with Crippen molar-refractivity contribution >= 4 is 27.7 Å². The monoisotopic (exact) mass is 337 g/mol. The molecule has 0 amide bonds. The van der Waals surface area contributed by atoms with Crippen molar-refractivity contribution in [3.63, 3.8) is 0 Å². The molecule has 0 atom stereocenters. The lowest BCUT2D eigenvalue weighted by Gasteiger charge is -2.09. The van der Waals surface area contributed by atoms with E-state index < -0.39 is 0 Å². The number of thioether (sulfide) groups is 1. The second kappa shape index (κ2) is 6.98. The second-order valence-corrected chi connectivity index (χ2v) is 5.83. The summed E-state index contributed by atoms with van der Waals surface area (Å²) in [5, 5.41) is 0. The molecule has 0 saturated carbocycles. The van der Waals surface area contributed by atoms with E-state index in [1.165, 1.54) is 4.90 Å². The Balaban J connectivity index is 2.01. The van der Waals surface area contributed by atoms with Gasteiger partial charge in [0, 0.05) is 21.5 Å². The molecule has 4 heteroatoms. The van der Waals surface area contributed by atoms with E-state index in [9.17, 15) is 0 Å². The third kappa shape index (κ3) is 4.00. The van der Waals surface area contributed by atoms with Crippen LogP contribution in [0.2, 0.25) is 0 Å². The molecule has 100 valence electrons. The van der Waals surface area contributed by atoms with Crippen molar-refractivity contribution in [2.24, 2.45) is 5.73 Å². The van der Waals surface area contributed by atoms with Crippen LogP contribution in [-0.2, 0) is 13.2 Å². The molecule has 0 saturated heterocycles. The maximum Gasteiger partial charge on any atom is 0.119 e. The fourth-order valence-corrected chi connectivity index (χ4v) is 2.62. The van der Waals surface area contributed by atoms with Crippen molar-refractivity contribution in [2.75, 3.05) is 6.26 Å². The molecule has 0 fully saturated rings. The molecule has 2 aromatic rings. The van der Waals surface area contributed by atoms with Crippen LogP contribution in [0.15, 0.2) is 51.8 Å².